The van der Waals surface area contributed by atoms with Crippen molar-refractivity contribution in [1.82, 2.24) is 4.98 Å². The minimum atomic E-state index is 0.564. The minimum absolute atomic E-state index is 0.564. The van der Waals surface area contributed by atoms with Gasteiger partial charge in [-0.3, -0.25) is 4.98 Å². The molecule has 31 heavy (non-hydrogen) atoms. The Morgan fingerprint density at radius 3 is 2.32 bits per heavy atom. The van der Waals surface area contributed by atoms with Gasteiger partial charge in [0, 0.05) is 18.0 Å². The van der Waals surface area contributed by atoms with Gasteiger partial charge < -0.3 is 18.9 Å². The summed E-state index contributed by atoms with van der Waals surface area (Å²) in [7, 11) is 3.28. The van der Waals surface area contributed by atoms with Gasteiger partial charge >= 0.3 is 0 Å². The maximum atomic E-state index is 5.73. The molecule has 0 bridgehead atoms. The largest absolute Gasteiger partial charge is 0.496 e. The standard InChI is InChI=1S/C26H25NO4/c1-5-21-24(28-3)12-18(13-25(21)29-4)6-7-20-15-27-16-22(17(20)2)19-8-9-23-26(14-19)31-11-10-30-23/h5-9,12-16H,1,10-11H2,2-4H3/b7-6+. The van der Waals surface area contributed by atoms with Crippen LogP contribution in [0.25, 0.3) is 29.4 Å². The van der Waals surface area contributed by atoms with Crippen molar-refractivity contribution in [3.63, 3.8) is 0 Å². The van der Waals surface area contributed by atoms with E-state index < -0.39 is 0 Å². The molecule has 5 nitrogen and oxygen atoms in total. The van der Waals surface area contributed by atoms with Crippen molar-refractivity contribution in [2.75, 3.05) is 27.4 Å². The van der Waals surface area contributed by atoms with E-state index in [1.54, 1.807) is 20.3 Å². The molecule has 4 rings (SSSR count). The average molecular weight is 415 g/mol. The molecule has 0 spiro atoms. The normalized spacial score (nSPS) is 12.6. The van der Waals surface area contributed by atoms with Crippen molar-refractivity contribution in [3.8, 4) is 34.1 Å². The second-order valence-electron chi connectivity index (χ2n) is 7.14. The van der Waals surface area contributed by atoms with Crippen molar-refractivity contribution in [2.24, 2.45) is 0 Å². The summed E-state index contributed by atoms with van der Waals surface area (Å²) in [4.78, 5) is 4.46. The van der Waals surface area contributed by atoms with E-state index in [0.717, 1.165) is 44.9 Å². The zero-order chi connectivity index (χ0) is 21.8. The van der Waals surface area contributed by atoms with E-state index in [-0.39, 0.29) is 0 Å². The lowest BCUT2D eigenvalue weighted by molar-refractivity contribution is 0.171. The first kappa shape index (κ1) is 20.5. The van der Waals surface area contributed by atoms with Crippen LogP contribution in [0.4, 0.5) is 0 Å². The lowest BCUT2D eigenvalue weighted by Gasteiger charge is -2.19. The van der Waals surface area contributed by atoms with Gasteiger partial charge in [0.25, 0.3) is 0 Å². The van der Waals surface area contributed by atoms with Crippen LogP contribution in [0.2, 0.25) is 0 Å². The number of aromatic nitrogens is 1. The molecule has 0 aliphatic carbocycles. The molecule has 2 heterocycles. The molecule has 0 unspecified atom stereocenters. The van der Waals surface area contributed by atoms with Crippen molar-refractivity contribution < 1.29 is 18.9 Å². The second kappa shape index (κ2) is 8.96. The smallest absolute Gasteiger partial charge is 0.161 e. The van der Waals surface area contributed by atoms with Gasteiger partial charge in [0.2, 0.25) is 0 Å². The van der Waals surface area contributed by atoms with Crippen molar-refractivity contribution in [1.29, 1.82) is 0 Å². The molecule has 0 amide bonds. The lowest BCUT2D eigenvalue weighted by Crippen LogP contribution is -2.15. The van der Waals surface area contributed by atoms with Crippen LogP contribution in [0.15, 0.2) is 49.3 Å². The van der Waals surface area contributed by atoms with Crippen LogP contribution in [0.1, 0.15) is 22.3 Å². The fourth-order valence-corrected chi connectivity index (χ4v) is 3.65. The van der Waals surface area contributed by atoms with Gasteiger partial charge in [-0.2, -0.15) is 0 Å². The Labute approximate surface area is 182 Å². The van der Waals surface area contributed by atoms with Gasteiger partial charge in [-0.15, -0.1) is 0 Å². The summed E-state index contributed by atoms with van der Waals surface area (Å²) in [6.45, 7) is 7.08. The first-order valence-corrected chi connectivity index (χ1v) is 10.1. The van der Waals surface area contributed by atoms with E-state index in [1.807, 2.05) is 54.9 Å². The van der Waals surface area contributed by atoms with Crippen molar-refractivity contribution >= 4 is 18.2 Å². The Morgan fingerprint density at radius 2 is 1.65 bits per heavy atom. The molecule has 0 atom stereocenters. The van der Waals surface area contributed by atoms with Crippen LogP contribution >= 0.6 is 0 Å². The molecule has 0 N–H and O–H groups in total. The number of rotatable bonds is 6. The fourth-order valence-electron chi connectivity index (χ4n) is 3.65. The van der Waals surface area contributed by atoms with Crippen LogP contribution in [-0.2, 0) is 0 Å². The molecule has 0 saturated carbocycles. The number of ether oxygens (including phenoxy) is 4. The third-order valence-electron chi connectivity index (χ3n) is 5.33. The van der Waals surface area contributed by atoms with Crippen LogP contribution < -0.4 is 18.9 Å². The highest BCUT2D eigenvalue weighted by molar-refractivity contribution is 5.79. The van der Waals surface area contributed by atoms with Gasteiger partial charge in [-0.25, -0.2) is 0 Å². The minimum Gasteiger partial charge on any atom is -0.496 e. The van der Waals surface area contributed by atoms with Crippen LogP contribution in [0, 0.1) is 6.92 Å². The number of pyridine rings is 1. The quantitative estimate of drug-likeness (QED) is 0.520. The molecule has 0 fully saturated rings. The molecular formula is C26H25NO4. The molecule has 3 aromatic rings. The molecular weight excluding hydrogens is 390 g/mol. The number of methoxy groups -OCH3 is 2. The molecule has 0 radical (unpaired) electrons. The van der Waals surface area contributed by atoms with E-state index in [0.29, 0.717) is 24.7 Å². The van der Waals surface area contributed by atoms with E-state index in [9.17, 15) is 0 Å². The topological polar surface area (TPSA) is 49.8 Å². The zero-order valence-corrected chi connectivity index (χ0v) is 18.0. The number of fused-ring (bicyclic) bond motifs is 1. The monoisotopic (exact) mass is 415 g/mol. The lowest BCUT2D eigenvalue weighted by atomic mass is 9.98. The van der Waals surface area contributed by atoms with Gasteiger partial charge in [0.15, 0.2) is 11.5 Å². The van der Waals surface area contributed by atoms with Crippen LogP contribution in [0.3, 0.4) is 0 Å². The van der Waals surface area contributed by atoms with Crippen LogP contribution in [0.5, 0.6) is 23.0 Å². The van der Waals surface area contributed by atoms with E-state index in [2.05, 4.69) is 18.5 Å². The summed E-state index contributed by atoms with van der Waals surface area (Å²) in [6, 6.07) is 9.92. The fraction of sp³-hybridized carbons (Fsp3) is 0.192. The third kappa shape index (κ3) is 4.12. The van der Waals surface area contributed by atoms with Crippen molar-refractivity contribution in [3.05, 3.63) is 71.6 Å². The Bertz CT molecular complexity index is 1130. The molecule has 0 saturated heterocycles. The Balaban J connectivity index is 1.68. The van der Waals surface area contributed by atoms with Crippen molar-refractivity contribution in [2.45, 2.75) is 6.92 Å². The summed E-state index contributed by atoms with van der Waals surface area (Å²) < 4.78 is 22.4. The highest BCUT2D eigenvalue weighted by Crippen LogP contribution is 2.36. The van der Waals surface area contributed by atoms with E-state index >= 15 is 0 Å². The molecule has 1 aliphatic rings. The number of benzene rings is 2. The van der Waals surface area contributed by atoms with E-state index in [1.165, 1.54) is 0 Å². The van der Waals surface area contributed by atoms with Gasteiger partial charge in [0.1, 0.15) is 24.7 Å². The summed E-state index contributed by atoms with van der Waals surface area (Å²) in [5.74, 6) is 2.98. The Morgan fingerprint density at radius 1 is 0.935 bits per heavy atom. The first-order chi connectivity index (χ1) is 15.1. The number of hydrogen-bond donors (Lipinski definition) is 0. The first-order valence-electron chi connectivity index (χ1n) is 10.1. The molecule has 158 valence electrons. The molecule has 5 heteroatoms. The molecule has 1 aromatic heterocycles. The molecule has 2 aromatic carbocycles. The average Bonchev–Trinajstić information content (AvgIpc) is 2.82. The maximum absolute atomic E-state index is 5.73. The van der Waals surface area contributed by atoms with Gasteiger partial charge in [-0.05, 0) is 53.4 Å². The second-order valence-corrected chi connectivity index (χ2v) is 7.14. The number of hydrogen-bond acceptors (Lipinski definition) is 5. The maximum Gasteiger partial charge on any atom is 0.161 e. The summed E-state index contributed by atoms with van der Waals surface area (Å²) in [6.07, 6.45) is 9.54. The Kier molecular flexibility index (Phi) is 5.94. The van der Waals surface area contributed by atoms with Gasteiger partial charge in [0.05, 0.1) is 19.8 Å². The van der Waals surface area contributed by atoms with Crippen LogP contribution in [-0.4, -0.2) is 32.4 Å². The Hall–Kier alpha value is -3.73. The highest BCUT2D eigenvalue weighted by Gasteiger charge is 2.14. The summed E-state index contributed by atoms with van der Waals surface area (Å²) >= 11 is 0. The SMILES string of the molecule is C=Cc1c(OC)cc(/C=C/c2cncc(-c3ccc4c(c3)OCCO4)c2C)cc1OC. The summed E-state index contributed by atoms with van der Waals surface area (Å²) in [5.41, 5.74) is 6.05. The zero-order valence-electron chi connectivity index (χ0n) is 18.0. The predicted octanol–water partition coefficient (Wildman–Crippen LogP) is 5.66. The number of nitrogens with zero attached hydrogens (tertiary/aromatic N) is 1. The molecule has 1 aliphatic heterocycles. The third-order valence-corrected chi connectivity index (χ3v) is 5.33. The predicted molar refractivity (Wildman–Crippen MR) is 124 cm³/mol. The van der Waals surface area contributed by atoms with E-state index in [4.69, 9.17) is 18.9 Å². The highest BCUT2D eigenvalue weighted by atomic mass is 16.6. The summed E-state index contributed by atoms with van der Waals surface area (Å²) in [5, 5.41) is 0. The van der Waals surface area contributed by atoms with Gasteiger partial charge in [-0.1, -0.05) is 30.9 Å².